The number of aromatic nitrogens is 2. The molecule has 2 N–H and O–H groups in total. The number of rotatable bonds is 6. The minimum Gasteiger partial charge on any atom is -0.495 e. The molecule has 0 aliphatic heterocycles. The summed E-state index contributed by atoms with van der Waals surface area (Å²) in [5, 5.41) is 8.05. The van der Waals surface area contributed by atoms with Gasteiger partial charge in [-0.1, -0.05) is 42.1 Å². The van der Waals surface area contributed by atoms with Crippen molar-refractivity contribution in [3.8, 4) is 22.6 Å². The normalized spacial score (nSPS) is 17.8. The summed E-state index contributed by atoms with van der Waals surface area (Å²) in [5.74, 6) is 1.44. The van der Waals surface area contributed by atoms with Crippen LogP contribution in [-0.4, -0.2) is 48.0 Å². The third-order valence-corrected chi connectivity index (χ3v) is 6.98. The molecule has 0 spiro atoms. The van der Waals surface area contributed by atoms with Crippen LogP contribution in [0.1, 0.15) is 46.5 Å². The van der Waals surface area contributed by atoms with Crippen LogP contribution in [0.5, 0.6) is 11.5 Å². The summed E-state index contributed by atoms with van der Waals surface area (Å²) >= 11 is 13.2. The Labute approximate surface area is 227 Å². The number of benzene rings is 2. The zero-order chi connectivity index (χ0) is 26.7. The average molecular weight is 547 g/mol. The first kappa shape index (κ1) is 27.1. The Morgan fingerprint density at radius 3 is 2.27 bits per heavy atom. The van der Waals surface area contributed by atoms with Crippen LogP contribution in [0.4, 0.5) is 10.7 Å². The van der Waals surface area contributed by atoms with E-state index < -0.39 is 11.7 Å². The molecule has 1 saturated carbocycles. The molecule has 2 atom stereocenters. The molecule has 2 aromatic carbocycles. The molecule has 1 heterocycles. The number of anilines is 1. The van der Waals surface area contributed by atoms with Crippen molar-refractivity contribution in [2.24, 2.45) is 0 Å². The van der Waals surface area contributed by atoms with Crippen LogP contribution >= 0.6 is 23.2 Å². The fourth-order valence-corrected chi connectivity index (χ4v) is 5.22. The zero-order valence-corrected chi connectivity index (χ0v) is 23.2. The van der Waals surface area contributed by atoms with Gasteiger partial charge in [0.25, 0.3) is 0 Å². The molecule has 10 heteroatoms. The Morgan fingerprint density at radius 1 is 1.00 bits per heavy atom. The third-order valence-electron chi connectivity index (χ3n) is 6.22. The van der Waals surface area contributed by atoms with E-state index in [-0.39, 0.29) is 12.1 Å². The van der Waals surface area contributed by atoms with E-state index in [4.69, 9.17) is 42.4 Å². The molecule has 1 fully saturated rings. The lowest BCUT2D eigenvalue weighted by Gasteiger charge is -2.33. The largest absolute Gasteiger partial charge is 0.495 e. The van der Waals surface area contributed by atoms with Crippen molar-refractivity contribution in [1.29, 1.82) is 0 Å². The lowest BCUT2D eigenvalue weighted by atomic mass is 9.90. The van der Waals surface area contributed by atoms with Crippen LogP contribution in [0.2, 0.25) is 10.0 Å². The number of amides is 1. The van der Waals surface area contributed by atoms with Crippen LogP contribution < -0.4 is 20.1 Å². The molecular formula is C27H32Cl2N4O4. The average Bonchev–Trinajstić information content (AvgIpc) is 2.84. The molecular weight excluding hydrogens is 515 g/mol. The first-order valence-corrected chi connectivity index (χ1v) is 13.0. The number of alkyl carbamates (subject to hydrolysis) is 1. The second-order valence-electron chi connectivity index (χ2n) is 10.0. The molecule has 1 amide bonds. The van der Waals surface area contributed by atoms with E-state index in [1.165, 1.54) is 0 Å². The van der Waals surface area contributed by atoms with Gasteiger partial charge in [0.2, 0.25) is 5.95 Å². The molecule has 1 aliphatic carbocycles. The van der Waals surface area contributed by atoms with Crippen LogP contribution in [0.25, 0.3) is 22.0 Å². The summed E-state index contributed by atoms with van der Waals surface area (Å²) in [6.45, 7) is 5.55. The summed E-state index contributed by atoms with van der Waals surface area (Å²) in [5.41, 5.74) is 1.61. The van der Waals surface area contributed by atoms with Gasteiger partial charge in [-0.2, -0.15) is 0 Å². The summed E-state index contributed by atoms with van der Waals surface area (Å²) in [4.78, 5) is 21.6. The third kappa shape index (κ3) is 6.30. The molecule has 1 aliphatic rings. The van der Waals surface area contributed by atoms with Crippen molar-refractivity contribution in [3.05, 3.63) is 40.5 Å². The fraction of sp³-hybridized carbons (Fsp3) is 0.444. The van der Waals surface area contributed by atoms with Crippen molar-refractivity contribution in [3.63, 3.8) is 0 Å². The molecule has 1 aromatic heterocycles. The Morgan fingerprint density at radius 2 is 1.65 bits per heavy atom. The molecule has 8 nitrogen and oxygen atoms in total. The maximum atomic E-state index is 12.4. The van der Waals surface area contributed by atoms with E-state index in [2.05, 4.69) is 15.6 Å². The summed E-state index contributed by atoms with van der Waals surface area (Å²) in [7, 11) is 3.09. The van der Waals surface area contributed by atoms with Gasteiger partial charge in [-0.15, -0.1) is 0 Å². The fourth-order valence-electron chi connectivity index (χ4n) is 4.50. The number of hydrogen-bond donors (Lipinski definition) is 2. The molecule has 198 valence electrons. The highest BCUT2D eigenvalue weighted by molar-refractivity contribution is 6.41. The molecule has 37 heavy (non-hydrogen) atoms. The van der Waals surface area contributed by atoms with Gasteiger partial charge in [0.05, 0.1) is 35.8 Å². The molecule has 0 saturated heterocycles. The molecule has 0 bridgehead atoms. The van der Waals surface area contributed by atoms with Crippen LogP contribution in [-0.2, 0) is 4.74 Å². The first-order valence-electron chi connectivity index (χ1n) is 12.2. The lowest BCUT2D eigenvalue weighted by Crippen LogP contribution is -2.50. The maximum Gasteiger partial charge on any atom is 0.407 e. The second kappa shape index (κ2) is 11.2. The van der Waals surface area contributed by atoms with Gasteiger partial charge in [-0.3, -0.25) is 0 Å². The number of carbonyl (C=O) groups excluding carboxylic acids is 1. The van der Waals surface area contributed by atoms with Crippen molar-refractivity contribution in [2.45, 2.75) is 64.1 Å². The molecule has 0 unspecified atom stereocenters. The highest BCUT2D eigenvalue weighted by Crippen LogP contribution is 2.46. The quantitative estimate of drug-likeness (QED) is 0.348. The second-order valence-corrected chi connectivity index (χ2v) is 10.8. The standard InChI is InChI=1S/C27H32Cl2N4O4/c1-27(2,3)37-26(34)33-19-9-7-6-8-18(19)32-25-30-14-16-12-15(10-11-17(16)31-25)22-23(28)20(35-4)13-21(36-5)24(22)29/h10-14,18-19H,6-9H2,1-5H3,(H,33,34)(H,30,31,32)/t18-,19-/m0/s1. The monoisotopic (exact) mass is 546 g/mol. The smallest absolute Gasteiger partial charge is 0.407 e. The van der Waals surface area contributed by atoms with E-state index in [9.17, 15) is 4.79 Å². The highest BCUT2D eigenvalue weighted by Gasteiger charge is 2.29. The topological polar surface area (TPSA) is 94.6 Å². The van der Waals surface area contributed by atoms with Gasteiger partial charge in [0.1, 0.15) is 17.1 Å². The number of carbonyl (C=O) groups is 1. The van der Waals surface area contributed by atoms with Gasteiger partial charge >= 0.3 is 6.09 Å². The number of ether oxygens (including phenoxy) is 3. The van der Waals surface area contributed by atoms with Crippen molar-refractivity contribution in [1.82, 2.24) is 15.3 Å². The van der Waals surface area contributed by atoms with Crippen molar-refractivity contribution >= 4 is 46.1 Å². The Balaban J connectivity index is 1.57. The zero-order valence-electron chi connectivity index (χ0n) is 21.7. The van der Waals surface area contributed by atoms with Gasteiger partial charge in [0.15, 0.2) is 0 Å². The SMILES string of the molecule is COc1cc(OC)c(Cl)c(-c2ccc3nc(N[C@H]4CCCC[C@@H]4NC(=O)OC(C)(C)C)ncc3c2)c1Cl. The summed E-state index contributed by atoms with van der Waals surface area (Å²) in [6, 6.07) is 7.31. The lowest BCUT2D eigenvalue weighted by molar-refractivity contribution is 0.0488. The van der Waals surface area contributed by atoms with Crippen molar-refractivity contribution < 1.29 is 19.0 Å². The van der Waals surface area contributed by atoms with Gasteiger partial charge < -0.3 is 24.8 Å². The number of nitrogens with zero attached hydrogens (tertiary/aromatic N) is 2. The van der Waals surface area contributed by atoms with Crippen LogP contribution in [0.15, 0.2) is 30.5 Å². The van der Waals surface area contributed by atoms with Gasteiger partial charge in [-0.25, -0.2) is 14.8 Å². The highest BCUT2D eigenvalue weighted by atomic mass is 35.5. The molecule has 3 aromatic rings. The molecule has 4 rings (SSSR count). The minimum atomic E-state index is -0.549. The van der Waals surface area contributed by atoms with Crippen molar-refractivity contribution in [2.75, 3.05) is 19.5 Å². The summed E-state index contributed by atoms with van der Waals surface area (Å²) in [6.07, 6.45) is 5.21. The predicted octanol–water partition coefficient (Wildman–Crippen LogP) is 6.87. The first-order chi connectivity index (χ1) is 17.6. The van der Waals surface area contributed by atoms with Crippen LogP contribution in [0.3, 0.4) is 0 Å². The van der Waals surface area contributed by atoms with E-state index in [0.29, 0.717) is 33.1 Å². The van der Waals surface area contributed by atoms with E-state index in [1.54, 1.807) is 26.5 Å². The minimum absolute atomic E-state index is 0.000136. The predicted molar refractivity (Wildman–Crippen MR) is 147 cm³/mol. The number of fused-ring (bicyclic) bond motifs is 1. The van der Waals surface area contributed by atoms with Gasteiger partial charge in [-0.05, 0) is 51.3 Å². The summed E-state index contributed by atoms with van der Waals surface area (Å²) < 4.78 is 16.2. The Kier molecular flexibility index (Phi) is 8.19. The Bertz CT molecular complexity index is 1270. The molecule has 0 radical (unpaired) electrons. The van der Waals surface area contributed by atoms with E-state index in [0.717, 1.165) is 42.1 Å². The van der Waals surface area contributed by atoms with E-state index >= 15 is 0 Å². The number of nitrogens with one attached hydrogen (secondary N) is 2. The van der Waals surface area contributed by atoms with E-state index in [1.807, 2.05) is 39.0 Å². The maximum absolute atomic E-state index is 12.4. The number of halogens is 2. The number of hydrogen-bond acceptors (Lipinski definition) is 7. The van der Waals surface area contributed by atoms with Gasteiger partial charge in [0, 0.05) is 29.3 Å². The number of methoxy groups -OCH3 is 2. The van der Waals surface area contributed by atoms with Crippen LogP contribution in [0, 0.1) is 0 Å². The Hall–Kier alpha value is -2.97.